The Balaban J connectivity index is 2.57. The highest BCUT2D eigenvalue weighted by Crippen LogP contribution is 2.33. The van der Waals surface area contributed by atoms with Crippen molar-refractivity contribution < 1.29 is 0 Å². The summed E-state index contributed by atoms with van der Waals surface area (Å²) in [6.45, 7) is 1.86. The highest BCUT2D eigenvalue weighted by atomic mass is 35.5. The van der Waals surface area contributed by atoms with Gasteiger partial charge in [-0.25, -0.2) is 9.97 Å². The molecule has 14 heavy (non-hydrogen) atoms. The Morgan fingerprint density at radius 3 is 2.79 bits per heavy atom. The van der Waals surface area contributed by atoms with E-state index in [1.807, 2.05) is 19.1 Å². The zero-order chi connectivity index (χ0) is 10.1. The zero-order valence-electron chi connectivity index (χ0n) is 7.49. The molecule has 0 fully saturated rings. The Labute approximate surface area is 90.6 Å². The van der Waals surface area contributed by atoms with Crippen LogP contribution in [0.1, 0.15) is 5.69 Å². The maximum atomic E-state index is 5.86. The fourth-order valence-corrected chi connectivity index (χ4v) is 2.18. The van der Waals surface area contributed by atoms with E-state index in [1.165, 1.54) is 17.7 Å². The number of hydrogen-bond donors (Lipinski definition) is 1. The van der Waals surface area contributed by atoms with Crippen molar-refractivity contribution in [3.05, 3.63) is 28.5 Å². The lowest BCUT2D eigenvalue weighted by atomic mass is 10.2. The molecule has 0 spiro atoms. The fraction of sp³-hybridized carbons (Fsp3) is 0.111. The first-order valence-electron chi connectivity index (χ1n) is 4.01. The van der Waals surface area contributed by atoms with Gasteiger partial charge in [-0.1, -0.05) is 11.6 Å². The number of nitrogen functional groups attached to an aromatic ring is 1. The monoisotopic (exact) mass is 225 g/mol. The van der Waals surface area contributed by atoms with Crippen molar-refractivity contribution in [2.24, 2.45) is 0 Å². The maximum Gasteiger partial charge on any atom is 0.116 e. The van der Waals surface area contributed by atoms with Crippen LogP contribution in [0.4, 0.5) is 5.69 Å². The molecule has 5 heteroatoms. The molecule has 0 aromatic carbocycles. The van der Waals surface area contributed by atoms with Gasteiger partial charge in [0.05, 0.1) is 20.6 Å². The number of nitrogens with two attached hydrogens (primary N) is 1. The lowest BCUT2D eigenvalue weighted by Crippen LogP contribution is -1.97. The molecule has 2 N–H and O–H groups in total. The lowest BCUT2D eigenvalue weighted by molar-refractivity contribution is 1.12. The van der Waals surface area contributed by atoms with Crippen LogP contribution in [0.3, 0.4) is 0 Å². The Bertz CT molecular complexity index is 467. The van der Waals surface area contributed by atoms with Crippen LogP contribution in [0, 0.1) is 6.92 Å². The second kappa shape index (κ2) is 3.55. The molecule has 2 aromatic heterocycles. The number of halogens is 1. The fourth-order valence-electron chi connectivity index (χ4n) is 1.12. The van der Waals surface area contributed by atoms with Crippen LogP contribution in [-0.4, -0.2) is 9.97 Å². The normalized spacial score (nSPS) is 10.4. The topological polar surface area (TPSA) is 51.8 Å². The van der Waals surface area contributed by atoms with Crippen LogP contribution in [0.25, 0.3) is 10.6 Å². The molecule has 0 bridgehead atoms. The van der Waals surface area contributed by atoms with Gasteiger partial charge < -0.3 is 5.73 Å². The number of aryl methyl sites for hydroxylation is 1. The summed E-state index contributed by atoms with van der Waals surface area (Å²) in [6.07, 6.45) is 1.51. The lowest BCUT2D eigenvalue weighted by Gasteiger charge is -2.03. The molecule has 0 aliphatic carbocycles. The molecule has 0 saturated heterocycles. The molecule has 0 amide bonds. The Kier molecular flexibility index (Phi) is 2.39. The van der Waals surface area contributed by atoms with Crippen LogP contribution in [0.2, 0.25) is 4.34 Å². The number of thiophene rings is 1. The molecule has 2 heterocycles. The van der Waals surface area contributed by atoms with Gasteiger partial charge in [0, 0.05) is 0 Å². The summed E-state index contributed by atoms with van der Waals surface area (Å²) in [5.41, 5.74) is 8.03. The van der Waals surface area contributed by atoms with Gasteiger partial charge in [0.25, 0.3) is 0 Å². The van der Waals surface area contributed by atoms with E-state index in [9.17, 15) is 0 Å². The molecule has 2 rings (SSSR count). The predicted octanol–water partition coefficient (Wildman–Crippen LogP) is 2.75. The van der Waals surface area contributed by atoms with Gasteiger partial charge in [-0.15, -0.1) is 11.3 Å². The van der Waals surface area contributed by atoms with Gasteiger partial charge in [0.2, 0.25) is 0 Å². The first-order valence-corrected chi connectivity index (χ1v) is 5.20. The molecule has 0 unspecified atom stereocenters. The van der Waals surface area contributed by atoms with E-state index in [2.05, 4.69) is 9.97 Å². The van der Waals surface area contributed by atoms with Crippen LogP contribution in [0.15, 0.2) is 18.5 Å². The summed E-state index contributed by atoms with van der Waals surface area (Å²) in [7, 11) is 0. The molecular formula is C9H8ClN3S. The largest absolute Gasteiger partial charge is 0.395 e. The number of hydrogen-bond acceptors (Lipinski definition) is 4. The molecule has 0 aliphatic rings. The second-order valence-electron chi connectivity index (χ2n) is 2.83. The zero-order valence-corrected chi connectivity index (χ0v) is 9.06. The average Bonchev–Trinajstić information content (AvgIpc) is 2.57. The summed E-state index contributed by atoms with van der Waals surface area (Å²) in [5.74, 6) is 0. The molecule has 0 aliphatic heterocycles. The molecule has 0 radical (unpaired) electrons. The van der Waals surface area contributed by atoms with Crippen molar-refractivity contribution in [3.63, 3.8) is 0 Å². The summed E-state index contributed by atoms with van der Waals surface area (Å²) in [4.78, 5) is 9.12. The van der Waals surface area contributed by atoms with Gasteiger partial charge in [0.1, 0.15) is 12.0 Å². The SMILES string of the molecule is Cc1ncnc(-c2ccc(Cl)s2)c1N. The average molecular weight is 226 g/mol. The summed E-state index contributed by atoms with van der Waals surface area (Å²) < 4.78 is 0.732. The van der Waals surface area contributed by atoms with Gasteiger partial charge in [-0.2, -0.15) is 0 Å². The Morgan fingerprint density at radius 2 is 2.14 bits per heavy atom. The van der Waals surface area contributed by atoms with E-state index < -0.39 is 0 Å². The Morgan fingerprint density at radius 1 is 1.36 bits per heavy atom. The summed E-state index contributed by atoms with van der Waals surface area (Å²) in [6, 6.07) is 3.74. The van der Waals surface area contributed by atoms with E-state index in [0.717, 1.165) is 20.6 Å². The molecule has 0 atom stereocenters. The summed E-state index contributed by atoms with van der Waals surface area (Å²) in [5, 5.41) is 0. The smallest absolute Gasteiger partial charge is 0.116 e. The van der Waals surface area contributed by atoms with Crippen molar-refractivity contribution in [1.82, 2.24) is 9.97 Å². The van der Waals surface area contributed by atoms with E-state index in [-0.39, 0.29) is 0 Å². The van der Waals surface area contributed by atoms with Gasteiger partial charge in [-0.3, -0.25) is 0 Å². The van der Waals surface area contributed by atoms with Crippen molar-refractivity contribution in [2.45, 2.75) is 6.92 Å². The number of rotatable bonds is 1. The standard InChI is InChI=1S/C9H8ClN3S/c1-5-8(11)9(13-4-12-5)6-2-3-7(10)14-6/h2-4H,11H2,1H3. The van der Waals surface area contributed by atoms with Crippen molar-refractivity contribution in [2.75, 3.05) is 5.73 Å². The minimum atomic E-state index is 0.617. The molecular weight excluding hydrogens is 218 g/mol. The van der Waals surface area contributed by atoms with E-state index >= 15 is 0 Å². The van der Waals surface area contributed by atoms with Crippen molar-refractivity contribution in [1.29, 1.82) is 0 Å². The Hall–Kier alpha value is -1.13. The van der Waals surface area contributed by atoms with Gasteiger partial charge >= 0.3 is 0 Å². The van der Waals surface area contributed by atoms with Crippen LogP contribution >= 0.6 is 22.9 Å². The second-order valence-corrected chi connectivity index (χ2v) is 4.54. The number of aromatic nitrogens is 2. The van der Waals surface area contributed by atoms with Crippen molar-refractivity contribution in [3.8, 4) is 10.6 Å². The third kappa shape index (κ3) is 1.58. The number of nitrogens with zero attached hydrogens (tertiary/aromatic N) is 2. The van der Waals surface area contributed by atoms with Crippen LogP contribution < -0.4 is 5.73 Å². The van der Waals surface area contributed by atoms with Gasteiger partial charge in [-0.05, 0) is 19.1 Å². The number of anilines is 1. The first-order chi connectivity index (χ1) is 6.68. The van der Waals surface area contributed by atoms with Crippen molar-refractivity contribution >= 4 is 28.6 Å². The quantitative estimate of drug-likeness (QED) is 0.812. The molecule has 3 nitrogen and oxygen atoms in total. The van der Waals surface area contributed by atoms with Crippen LogP contribution in [0.5, 0.6) is 0 Å². The van der Waals surface area contributed by atoms with Crippen LogP contribution in [-0.2, 0) is 0 Å². The van der Waals surface area contributed by atoms with E-state index in [1.54, 1.807) is 0 Å². The van der Waals surface area contributed by atoms with Gasteiger partial charge in [0.15, 0.2) is 0 Å². The minimum absolute atomic E-state index is 0.617. The van der Waals surface area contributed by atoms with E-state index in [4.69, 9.17) is 17.3 Å². The highest BCUT2D eigenvalue weighted by molar-refractivity contribution is 7.19. The third-order valence-corrected chi connectivity index (χ3v) is 3.13. The third-order valence-electron chi connectivity index (χ3n) is 1.89. The first kappa shape index (κ1) is 9.43. The molecule has 2 aromatic rings. The highest BCUT2D eigenvalue weighted by Gasteiger charge is 2.08. The predicted molar refractivity (Wildman–Crippen MR) is 59.5 cm³/mol. The molecule has 0 saturated carbocycles. The minimum Gasteiger partial charge on any atom is -0.395 e. The molecule has 72 valence electrons. The van der Waals surface area contributed by atoms with E-state index in [0.29, 0.717) is 5.69 Å². The maximum absolute atomic E-state index is 5.86. The summed E-state index contributed by atoms with van der Waals surface area (Å²) >= 11 is 7.30.